The minimum absolute atomic E-state index is 0.612. The molecule has 0 saturated heterocycles. The lowest BCUT2D eigenvalue weighted by molar-refractivity contribution is 0.272. The third-order valence-electron chi connectivity index (χ3n) is 2.17. The molecule has 0 spiro atoms. The molecule has 0 aromatic rings. The first-order chi connectivity index (χ1) is 5.33. The molecular formula is C9H18N2. The number of nitrogens with one attached hydrogen (secondary N) is 1. The molecule has 0 radical (unpaired) electrons. The van der Waals surface area contributed by atoms with Crippen molar-refractivity contribution in [1.29, 1.82) is 0 Å². The van der Waals surface area contributed by atoms with Crippen LogP contribution in [0.25, 0.3) is 0 Å². The molecule has 1 aliphatic rings. The summed E-state index contributed by atoms with van der Waals surface area (Å²) in [6, 6.07) is 0.612. The van der Waals surface area contributed by atoms with E-state index in [1.165, 1.54) is 19.5 Å². The van der Waals surface area contributed by atoms with Gasteiger partial charge in [0.2, 0.25) is 0 Å². The van der Waals surface area contributed by atoms with Crippen LogP contribution in [0.15, 0.2) is 12.2 Å². The maximum atomic E-state index is 3.25. The van der Waals surface area contributed by atoms with Crippen LogP contribution in [-0.4, -0.2) is 37.6 Å². The highest BCUT2D eigenvalue weighted by Crippen LogP contribution is 2.01. The van der Waals surface area contributed by atoms with Crippen LogP contribution in [0, 0.1) is 0 Å². The maximum absolute atomic E-state index is 3.25. The Morgan fingerprint density at radius 2 is 2.36 bits per heavy atom. The summed E-state index contributed by atoms with van der Waals surface area (Å²) in [5.74, 6) is 0. The fourth-order valence-electron chi connectivity index (χ4n) is 1.33. The molecule has 1 heterocycles. The van der Waals surface area contributed by atoms with Gasteiger partial charge in [0.05, 0.1) is 0 Å². The lowest BCUT2D eigenvalue weighted by atomic mass is 10.2. The van der Waals surface area contributed by atoms with Gasteiger partial charge in [0.25, 0.3) is 0 Å². The summed E-state index contributed by atoms with van der Waals surface area (Å²) in [5, 5.41) is 3.25. The average Bonchev–Trinajstić information content (AvgIpc) is 2.06. The Labute approximate surface area is 69.3 Å². The van der Waals surface area contributed by atoms with E-state index >= 15 is 0 Å². The molecule has 0 aromatic carbocycles. The van der Waals surface area contributed by atoms with Crippen LogP contribution in [0.3, 0.4) is 0 Å². The minimum Gasteiger partial charge on any atom is -0.316 e. The monoisotopic (exact) mass is 154 g/mol. The lowest BCUT2D eigenvalue weighted by Gasteiger charge is -2.25. The van der Waals surface area contributed by atoms with Crippen LogP contribution in [0.5, 0.6) is 0 Å². The first-order valence-electron chi connectivity index (χ1n) is 4.37. The Morgan fingerprint density at radius 3 is 2.91 bits per heavy atom. The molecule has 64 valence electrons. The van der Waals surface area contributed by atoms with E-state index in [1.807, 2.05) is 7.05 Å². The van der Waals surface area contributed by atoms with Gasteiger partial charge < -0.3 is 5.32 Å². The molecule has 0 saturated carbocycles. The number of hydrogen-bond donors (Lipinski definition) is 1. The Morgan fingerprint density at radius 1 is 1.55 bits per heavy atom. The van der Waals surface area contributed by atoms with Crippen molar-refractivity contribution >= 4 is 0 Å². The van der Waals surface area contributed by atoms with Gasteiger partial charge in [-0.15, -0.1) is 0 Å². The molecule has 0 aromatic heterocycles. The standard InChI is InChI=1S/C9H18N2/c1-9(10-2)8-11-6-4-3-5-7-11/h3-4,9-10H,5-8H2,1-2H3. The predicted molar refractivity (Wildman–Crippen MR) is 48.7 cm³/mol. The summed E-state index contributed by atoms with van der Waals surface area (Å²) in [7, 11) is 2.02. The van der Waals surface area contributed by atoms with E-state index < -0.39 is 0 Å². The lowest BCUT2D eigenvalue weighted by Crippen LogP contribution is -2.39. The number of rotatable bonds is 3. The van der Waals surface area contributed by atoms with Crippen LogP contribution in [0.4, 0.5) is 0 Å². The molecule has 1 atom stereocenters. The first kappa shape index (κ1) is 8.75. The molecule has 0 aliphatic carbocycles. The van der Waals surface area contributed by atoms with Crippen LogP contribution < -0.4 is 5.32 Å². The van der Waals surface area contributed by atoms with E-state index in [4.69, 9.17) is 0 Å². The van der Waals surface area contributed by atoms with Crippen molar-refractivity contribution in [3.63, 3.8) is 0 Å². The van der Waals surface area contributed by atoms with Crippen molar-refractivity contribution in [3.8, 4) is 0 Å². The van der Waals surface area contributed by atoms with Crippen molar-refractivity contribution < 1.29 is 0 Å². The Kier molecular flexibility index (Phi) is 3.60. The molecule has 2 nitrogen and oxygen atoms in total. The van der Waals surface area contributed by atoms with E-state index in [9.17, 15) is 0 Å². The third-order valence-corrected chi connectivity index (χ3v) is 2.17. The SMILES string of the molecule is CNC(C)CN1CC=CCC1. The molecule has 2 heteroatoms. The molecule has 11 heavy (non-hydrogen) atoms. The number of nitrogens with zero attached hydrogens (tertiary/aromatic N) is 1. The fraction of sp³-hybridized carbons (Fsp3) is 0.778. The van der Waals surface area contributed by atoms with E-state index in [0.29, 0.717) is 6.04 Å². The van der Waals surface area contributed by atoms with Gasteiger partial charge in [-0.3, -0.25) is 4.90 Å². The van der Waals surface area contributed by atoms with E-state index in [0.717, 1.165) is 6.54 Å². The summed E-state index contributed by atoms with van der Waals surface area (Å²) in [6.45, 7) is 5.74. The molecule has 1 N–H and O–H groups in total. The minimum atomic E-state index is 0.612. The molecular weight excluding hydrogens is 136 g/mol. The molecule has 0 fully saturated rings. The largest absolute Gasteiger partial charge is 0.316 e. The smallest absolute Gasteiger partial charge is 0.0164 e. The highest BCUT2D eigenvalue weighted by atomic mass is 15.1. The zero-order valence-corrected chi connectivity index (χ0v) is 7.51. The quantitative estimate of drug-likeness (QED) is 0.606. The van der Waals surface area contributed by atoms with Gasteiger partial charge >= 0.3 is 0 Å². The van der Waals surface area contributed by atoms with Crippen molar-refractivity contribution in [3.05, 3.63) is 12.2 Å². The van der Waals surface area contributed by atoms with Gasteiger partial charge in [0, 0.05) is 25.7 Å². The summed E-state index contributed by atoms with van der Waals surface area (Å²) in [4.78, 5) is 2.47. The van der Waals surface area contributed by atoms with Gasteiger partial charge in [-0.1, -0.05) is 12.2 Å². The molecule has 1 aliphatic heterocycles. The molecule has 1 unspecified atom stereocenters. The summed E-state index contributed by atoms with van der Waals surface area (Å²) in [6.07, 6.45) is 5.74. The van der Waals surface area contributed by atoms with Crippen molar-refractivity contribution in [1.82, 2.24) is 10.2 Å². The van der Waals surface area contributed by atoms with Gasteiger partial charge in [-0.25, -0.2) is 0 Å². The van der Waals surface area contributed by atoms with Gasteiger partial charge in [0.15, 0.2) is 0 Å². The normalized spacial score (nSPS) is 22.0. The van der Waals surface area contributed by atoms with Gasteiger partial charge in [-0.05, 0) is 20.4 Å². The van der Waals surface area contributed by atoms with Crippen LogP contribution in [0.2, 0.25) is 0 Å². The second-order valence-electron chi connectivity index (χ2n) is 3.21. The van der Waals surface area contributed by atoms with Crippen LogP contribution in [-0.2, 0) is 0 Å². The van der Waals surface area contributed by atoms with Gasteiger partial charge in [-0.2, -0.15) is 0 Å². The topological polar surface area (TPSA) is 15.3 Å². The van der Waals surface area contributed by atoms with Crippen molar-refractivity contribution in [2.75, 3.05) is 26.7 Å². The predicted octanol–water partition coefficient (Wildman–Crippen LogP) is 0.856. The summed E-state index contributed by atoms with van der Waals surface area (Å²) >= 11 is 0. The van der Waals surface area contributed by atoms with Gasteiger partial charge in [0.1, 0.15) is 0 Å². The van der Waals surface area contributed by atoms with E-state index in [2.05, 4.69) is 29.3 Å². The Bertz CT molecular complexity index is 132. The number of likely N-dealkylation sites (N-methyl/N-ethyl adjacent to an activating group) is 1. The maximum Gasteiger partial charge on any atom is 0.0164 e. The molecule has 1 rings (SSSR count). The van der Waals surface area contributed by atoms with Crippen molar-refractivity contribution in [2.24, 2.45) is 0 Å². The second kappa shape index (κ2) is 4.52. The average molecular weight is 154 g/mol. The number of hydrogen-bond acceptors (Lipinski definition) is 2. The van der Waals surface area contributed by atoms with E-state index in [1.54, 1.807) is 0 Å². The van der Waals surface area contributed by atoms with Crippen LogP contribution in [0.1, 0.15) is 13.3 Å². The molecule has 0 bridgehead atoms. The Balaban J connectivity index is 2.20. The zero-order valence-electron chi connectivity index (χ0n) is 7.51. The summed E-state index contributed by atoms with van der Waals surface area (Å²) in [5.41, 5.74) is 0. The second-order valence-corrected chi connectivity index (χ2v) is 3.21. The first-order valence-corrected chi connectivity index (χ1v) is 4.37. The highest BCUT2D eigenvalue weighted by Gasteiger charge is 2.08. The Hall–Kier alpha value is -0.340. The van der Waals surface area contributed by atoms with Crippen LogP contribution >= 0.6 is 0 Å². The highest BCUT2D eigenvalue weighted by molar-refractivity contribution is 4.91. The zero-order chi connectivity index (χ0) is 8.10. The van der Waals surface area contributed by atoms with Crippen molar-refractivity contribution in [2.45, 2.75) is 19.4 Å². The van der Waals surface area contributed by atoms with E-state index in [-0.39, 0.29) is 0 Å². The summed E-state index contributed by atoms with van der Waals surface area (Å²) < 4.78 is 0. The third kappa shape index (κ3) is 3.04. The fourth-order valence-corrected chi connectivity index (χ4v) is 1.33. The molecule has 0 amide bonds.